The average molecular weight is 270 g/mol. The smallest absolute Gasteiger partial charge is 0.0164 e. The number of benzene rings is 2. The highest BCUT2D eigenvalue weighted by Crippen LogP contribution is 2.18. The van der Waals surface area contributed by atoms with Crippen molar-refractivity contribution in [2.45, 2.75) is 39.3 Å². The summed E-state index contributed by atoms with van der Waals surface area (Å²) in [5.74, 6) is 0. The molecule has 2 N–H and O–H groups in total. The van der Waals surface area contributed by atoms with Crippen LogP contribution in [-0.2, 0) is 6.42 Å². The van der Waals surface area contributed by atoms with Crippen molar-refractivity contribution in [1.29, 1.82) is 0 Å². The van der Waals surface area contributed by atoms with Crippen molar-refractivity contribution in [3.8, 4) is 0 Å². The molecule has 0 spiro atoms. The standard InChI is InChI=1S/C18H26N2/c1-14(2)20-13-15(3)19-12-11-17-9-6-8-16-7-4-5-10-18(16)17/h4-10,14-15,19-20H,11-13H2,1-3H3. The molecule has 108 valence electrons. The molecule has 2 rings (SSSR count). The van der Waals surface area contributed by atoms with Gasteiger partial charge in [-0.1, -0.05) is 56.3 Å². The van der Waals surface area contributed by atoms with E-state index in [1.165, 1.54) is 16.3 Å². The zero-order valence-electron chi connectivity index (χ0n) is 12.8. The molecule has 0 aliphatic heterocycles. The Morgan fingerprint density at radius 2 is 1.65 bits per heavy atom. The minimum Gasteiger partial charge on any atom is -0.313 e. The summed E-state index contributed by atoms with van der Waals surface area (Å²) < 4.78 is 0. The summed E-state index contributed by atoms with van der Waals surface area (Å²) in [6, 6.07) is 16.3. The first-order valence-corrected chi connectivity index (χ1v) is 7.60. The van der Waals surface area contributed by atoms with Crippen molar-refractivity contribution in [2.75, 3.05) is 13.1 Å². The van der Waals surface area contributed by atoms with Crippen LogP contribution in [0.2, 0.25) is 0 Å². The predicted molar refractivity (Wildman–Crippen MR) is 88.3 cm³/mol. The third-order valence-corrected chi connectivity index (χ3v) is 3.60. The van der Waals surface area contributed by atoms with Gasteiger partial charge in [0.15, 0.2) is 0 Å². The van der Waals surface area contributed by atoms with Crippen LogP contribution >= 0.6 is 0 Å². The van der Waals surface area contributed by atoms with Gasteiger partial charge in [-0.3, -0.25) is 0 Å². The molecule has 2 nitrogen and oxygen atoms in total. The van der Waals surface area contributed by atoms with Crippen molar-refractivity contribution in [2.24, 2.45) is 0 Å². The van der Waals surface area contributed by atoms with Crippen LogP contribution in [0.25, 0.3) is 10.8 Å². The Balaban J connectivity index is 1.87. The predicted octanol–water partition coefficient (Wildman–Crippen LogP) is 3.36. The second-order valence-corrected chi connectivity index (χ2v) is 5.81. The maximum atomic E-state index is 3.59. The average Bonchev–Trinajstić information content (AvgIpc) is 2.45. The van der Waals surface area contributed by atoms with Gasteiger partial charge in [-0.25, -0.2) is 0 Å². The van der Waals surface area contributed by atoms with E-state index in [4.69, 9.17) is 0 Å². The van der Waals surface area contributed by atoms with E-state index in [0.29, 0.717) is 12.1 Å². The van der Waals surface area contributed by atoms with Crippen molar-refractivity contribution in [1.82, 2.24) is 10.6 Å². The third kappa shape index (κ3) is 4.32. The van der Waals surface area contributed by atoms with Gasteiger partial charge < -0.3 is 10.6 Å². The molecule has 0 bridgehead atoms. The zero-order valence-corrected chi connectivity index (χ0v) is 12.8. The molecule has 1 atom stereocenters. The van der Waals surface area contributed by atoms with Crippen LogP contribution in [0.5, 0.6) is 0 Å². The molecule has 0 aromatic heterocycles. The summed E-state index contributed by atoms with van der Waals surface area (Å²) in [4.78, 5) is 0. The van der Waals surface area contributed by atoms with Crippen LogP contribution in [0.15, 0.2) is 42.5 Å². The van der Waals surface area contributed by atoms with Gasteiger partial charge in [0, 0.05) is 18.6 Å². The monoisotopic (exact) mass is 270 g/mol. The molecule has 20 heavy (non-hydrogen) atoms. The van der Waals surface area contributed by atoms with Crippen molar-refractivity contribution in [3.63, 3.8) is 0 Å². The van der Waals surface area contributed by atoms with E-state index >= 15 is 0 Å². The largest absolute Gasteiger partial charge is 0.313 e. The number of hydrogen-bond acceptors (Lipinski definition) is 2. The lowest BCUT2D eigenvalue weighted by atomic mass is 10.0. The maximum Gasteiger partial charge on any atom is 0.0164 e. The minimum absolute atomic E-state index is 0.507. The van der Waals surface area contributed by atoms with Crippen molar-refractivity contribution >= 4 is 10.8 Å². The number of nitrogens with one attached hydrogen (secondary N) is 2. The van der Waals surface area contributed by atoms with Crippen molar-refractivity contribution in [3.05, 3.63) is 48.0 Å². The molecule has 0 heterocycles. The van der Waals surface area contributed by atoms with Crippen LogP contribution in [-0.4, -0.2) is 25.2 Å². The Morgan fingerprint density at radius 3 is 2.45 bits per heavy atom. The Morgan fingerprint density at radius 1 is 0.900 bits per heavy atom. The lowest BCUT2D eigenvalue weighted by Crippen LogP contribution is -2.39. The van der Waals surface area contributed by atoms with E-state index in [1.807, 2.05) is 0 Å². The quantitative estimate of drug-likeness (QED) is 0.806. The topological polar surface area (TPSA) is 24.1 Å². The molecular weight excluding hydrogens is 244 g/mol. The second kappa shape index (κ2) is 7.41. The summed E-state index contributed by atoms with van der Waals surface area (Å²) in [6.07, 6.45) is 1.08. The number of fused-ring (bicyclic) bond motifs is 1. The molecule has 0 aliphatic rings. The number of rotatable bonds is 7. The SMILES string of the molecule is CC(C)NCC(C)NCCc1cccc2ccccc12. The van der Waals surface area contributed by atoms with Gasteiger partial charge in [-0.15, -0.1) is 0 Å². The van der Waals surface area contributed by atoms with E-state index in [1.54, 1.807) is 0 Å². The second-order valence-electron chi connectivity index (χ2n) is 5.81. The lowest BCUT2D eigenvalue weighted by Gasteiger charge is -2.17. The van der Waals surface area contributed by atoms with Gasteiger partial charge in [0.05, 0.1) is 0 Å². The highest BCUT2D eigenvalue weighted by Gasteiger charge is 2.03. The van der Waals surface area contributed by atoms with Crippen LogP contribution in [0, 0.1) is 0 Å². The van der Waals surface area contributed by atoms with Crippen LogP contribution in [0.1, 0.15) is 26.3 Å². The van der Waals surface area contributed by atoms with Crippen LogP contribution < -0.4 is 10.6 Å². The van der Waals surface area contributed by atoms with Gasteiger partial charge in [0.25, 0.3) is 0 Å². The zero-order chi connectivity index (χ0) is 14.4. The Labute approximate surface area is 122 Å². The summed E-state index contributed by atoms with van der Waals surface area (Å²) in [6.45, 7) is 8.65. The fourth-order valence-corrected chi connectivity index (χ4v) is 2.45. The molecule has 0 radical (unpaired) electrons. The van der Waals surface area contributed by atoms with Gasteiger partial charge in [-0.05, 0) is 36.2 Å². The first-order chi connectivity index (χ1) is 9.66. The molecule has 2 aromatic carbocycles. The summed E-state index contributed by atoms with van der Waals surface area (Å²) >= 11 is 0. The maximum absolute atomic E-state index is 3.59. The molecule has 2 heteroatoms. The summed E-state index contributed by atoms with van der Waals surface area (Å²) in [7, 11) is 0. The Hall–Kier alpha value is -1.38. The third-order valence-electron chi connectivity index (χ3n) is 3.60. The molecule has 2 aromatic rings. The fraction of sp³-hybridized carbons (Fsp3) is 0.444. The summed E-state index contributed by atoms with van der Waals surface area (Å²) in [5.41, 5.74) is 1.43. The van der Waals surface area contributed by atoms with Gasteiger partial charge >= 0.3 is 0 Å². The van der Waals surface area contributed by atoms with E-state index < -0.39 is 0 Å². The first-order valence-electron chi connectivity index (χ1n) is 7.60. The molecule has 0 saturated carbocycles. The van der Waals surface area contributed by atoms with Gasteiger partial charge in [0.2, 0.25) is 0 Å². The van der Waals surface area contributed by atoms with E-state index in [2.05, 4.69) is 73.9 Å². The molecule has 0 fully saturated rings. The Bertz CT molecular complexity index is 528. The first kappa shape index (κ1) is 15.0. The molecule has 0 amide bonds. The van der Waals surface area contributed by atoms with Crippen LogP contribution in [0.4, 0.5) is 0 Å². The molecule has 1 unspecified atom stereocenters. The lowest BCUT2D eigenvalue weighted by molar-refractivity contribution is 0.477. The highest BCUT2D eigenvalue weighted by atomic mass is 15.0. The number of hydrogen-bond donors (Lipinski definition) is 2. The van der Waals surface area contributed by atoms with E-state index in [9.17, 15) is 0 Å². The normalized spacial score (nSPS) is 13.0. The minimum atomic E-state index is 0.507. The van der Waals surface area contributed by atoms with Crippen LogP contribution in [0.3, 0.4) is 0 Å². The van der Waals surface area contributed by atoms with Crippen molar-refractivity contribution < 1.29 is 0 Å². The van der Waals surface area contributed by atoms with E-state index in [0.717, 1.165) is 19.5 Å². The summed E-state index contributed by atoms with van der Waals surface area (Å²) in [5, 5.41) is 9.76. The Kier molecular flexibility index (Phi) is 5.57. The van der Waals surface area contributed by atoms with E-state index in [-0.39, 0.29) is 0 Å². The molecule has 0 saturated heterocycles. The fourth-order valence-electron chi connectivity index (χ4n) is 2.45. The van der Waals surface area contributed by atoms with Gasteiger partial charge in [-0.2, -0.15) is 0 Å². The highest BCUT2D eigenvalue weighted by molar-refractivity contribution is 5.85. The molecule has 0 aliphatic carbocycles. The van der Waals surface area contributed by atoms with Gasteiger partial charge in [0.1, 0.15) is 0 Å². The molecular formula is C18H26N2.